The summed E-state index contributed by atoms with van der Waals surface area (Å²) < 4.78 is 0. The van der Waals surface area contributed by atoms with Crippen LogP contribution >= 0.6 is 0 Å². The minimum Gasteiger partial charge on any atom is -0.480 e. The fourth-order valence-corrected chi connectivity index (χ4v) is 2.54. The number of aliphatic hydroxyl groups is 1. The first-order valence-corrected chi connectivity index (χ1v) is 9.72. The number of hydrogen-bond acceptors (Lipinski definition) is 8. The fraction of sp³-hybridized carbons (Fsp3) is 0.556. The van der Waals surface area contributed by atoms with Crippen molar-refractivity contribution >= 4 is 29.6 Å². The predicted molar refractivity (Wildman–Crippen MR) is 109 cm³/mol. The molecule has 0 bridgehead atoms. The molecule has 14 heteroatoms. The molecule has 0 radical (unpaired) electrons. The van der Waals surface area contributed by atoms with E-state index in [1.54, 1.807) is 13.8 Å². The number of H-pyrrole nitrogens is 1. The van der Waals surface area contributed by atoms with Crippen LogP contribution in [-0.4, -0.2) is 80.6 Å². The number of aliphatic hydroxyl groups excluding tert-OH is 1. The minimum absolute atomic E-state index is 0.124. The van der Waals surface area contributed by atoms with Crippen molar-refractivity contribution in [3.05, 3.63) is 18.2 Å². The number of aromatic nitrogens is 2. The van der Waals surface area contributed by atoms with Crippen LogP contribution in [0.3, 0.4) is 0 Å². The number of primary amides is 1. The predicted octanol–water partition coefficient (Wildman–Crippen LogP) is -3.66. The molecule has 1 aromatic rings. The molecule has 1 heterocycles. The number of carboxylic acids is 1. The summed E-state index contributed by atoms with van der Waals surface area (Å²) in [5.41, 5.74) is 11.3. The quantitative estimate of drug-likeness (QED) is 0.146. The molecule has 1 rings (SSSR count). The van der Waals surface area contributed by atoms with E-state index in [9.17, 15) is 34.2 Å². The van der Waals surface area contributed by atoms with Gasteiger partial charge in [0.25, 0.3) is 0 Å². The topological polar surface area (TPSA) is 243 Å². The average molecular weight is 455 g/mol. The largest absolute Gasteiger partial charge is 0.480 e. The number of amides is 4. The van der Waals surface area contributed by atoms with Gasteiger partial charge in [0.1, 0.15) is 18.1 Å². The molecule has 32 heavy (non-hydrogen) atoms. The summed E-state index contributed by atoms with van der Waals surface area (Å²) in [7, 11) is 0. The third kappa shape index (κ3) is 8.31. The highest BCUT2D eigenvalue weighted by atomic mass is 16.4. The highest BCUT2D eigenvalue weighted by molar-refractivity contribution is 5.96. The third-order valence-electron chi connectivity index (χ3n) is 4.47. The van der Waals surface area contributed by atoms with Gasteiger partial charge in [-0.05, 0) is 5.92 Å². The molecular weight excluding hydrogens is 426 g/mol. The van der Waals surface area contributed by atoms with E-state index >= 15 is 0 Å². The molecule has 10 N–H and O–H groups in total. The molecule has 0 saturated carbocycles. The summed E-state index contributed by atoms with van der Waals surface area (Å²) in [6, 6.07) is -5.35. The van der Waals surface area contributed by atoms with Crippen LogP contribution in [0.1, 0.15) is 26.0 Å². The number of nitrogens with one attached hydrogen (secondary N) is 4. The van der Waals surface area contributed by atoms with Crippen molar-refractivity contribution in [2.75, 3.05) is 6.61 Å². The van der Waals surface area contributed by atoms with E-state index in [0.717, 1.165) is 0 Å². The Hall–Kier alpha value is -3.52. The van der Waals surface area contributed by atoms with Gasteiger partial charge in [0.15, 0.2) is 0 Å². The maximum absolute atomic E-state index is 12.6. The van der Waals surface area contributed by atoms with Gasteiger partial charge in [-0.2, -0.15) is 0 Å². The molecule has 178 valence electrons. The van der Waals surface area contributed by atoms with E-state index in [0.29, 0.717) is 5.69 Å². The van der Waals surface area contributed by atoms with Crippen molar-refractivity contribution in [2.24, 2.45) is 17.4 Å². The Kier molecular flexibility index (Phi) is 10.2. The summed E-state index contributed by atoms with van der Waals surface area (Å²) in [6.07, 6.45) is 2.01. The number of nitrogens with two attached hydrogens (primary N) is 2. The number of carbonyl (C=O) groups excluding carboxylic acids is 4. The number of rotatable bonds is 13. The maximum Gasteiger partial charge on any atom is 0.326 e. The van der Waals surface area contributed by atoms with Crippen LogP contribution < -0.4 is 27.4 Å². The smallest absolute Gasteiger partial charge is 0.326 e. The summed E-state index contributed by atoms with van der Waals surface area (Å²) in [5, 5.41) is 25.5. The third-order valence-corrected chi connectivity index (χ3v) is 4.47. The molecule has 4 unspecified atom stereocenters. The Morgan fingerprint density at radius 2 is 1.59 bits per heavy atom. The first kappa shape index (κ1) is 26.5. The van der Waals surface area contributed by atoms with Crippen LogP contribution in [0, 0.1) is 5.92 Å². The molecule has 0 aliphatic rings. The molecule has 0 aliphatic heterocycles. The standard InChI is InChI=1S/C18H29N7O7/c1-8(2)14(20)17(30)23-10(4-13(19)27)15(28)25-12(6-26)16(29)24-11(18(31)32)3-9-5-21-7-22-9/h5,7-8,10-12,14,26H,3-4,6,20H2,1-2H3,(H2,19,27)(H,21,22)(H,23,30)(H,24,29)(H,25,28)(H,31,32). The monoisotopic (exact) mass is 455 g/mol. The number of nitrogens with zero attached hydrogens (tertiary/aromatic N) is 1. The lowest BCUT2D eigenvalue weighted by Gasteiger charge is -2.24. The minimum atomic E-state index is -1.56. The molecular formula is C18H29N7O7. The first-order chi connectivity index (χ1) is 15.0. The van der Waals surface area contributed by atoms with Crippen molar-refractivity contribution in [2.45, 2.75) is 50.9 Å². The molecule has 0 fully saturated rings. The Morgan fingerprint density at radius 1 is 1.03 bits per heavy atom. The van der Waals surface area contributed by atoms with Crippen LogP contribution in [0.2, 0.25) is 0 Å². The number of carboxylic acid groups (broad SMARTS) is 1. The highest BCUT2D eigenvalue weighted by Gasteiger charge is 2.31. The Morgan fingerprint density at radius 3 is 2.06 bits per heavy atom. The van der Waals surface area contributed by atoms with Crippen LogP contribution in [0.25, 0.3) is 0 Å². The lowest BCUT2D eigenvalue weighted by Crippen LogP contribution is -2.59. The average Bonchev–Trinajstić information content (AvgIpc) is 3.22. The zero-order valence-electron chi connectivity index (χ0n) is 17.7. The van der Waals surface area contributed by atoms with Crippen molar-refractivity contribution in [1.82, 2.24) is 25.9 Å². The van der Waals surface area contributed by atoms with Gasteiger partial charge in [0.05, 0.1) is 25.4 Å². The van der Waals surface area contributed by atoms with Crippen LogP contribution in [0.5, 0.6) is 0 Å². The number of aliphatic carboxylic acids is 1. The SMILES string of the molecule is CC(C)C(N)C(=O)NC(CC(N)=O)C(=O)NC(CO)C(=O)NC(Cc1cnc[nH]1)C(=O)O. The zero-order valence-corrected chi connectivity index (χ0v) is 17.7. The normalized spacial score (nSPS) is 14.7. The van der Waals surface area contributed by atoms with Gasteiger partial charge in [0.2, 0.25) is 23.6 Å². The summed E-state index contributed by atoms with van der Waals surface area (Å²) in [4.78, 5) is 66.4. The van der Waals surface area contributed by atoms with Gasteiger partial charge in [0, 0.05) is 18.3 Å². The second kappa shape index (κ2) is 12.4. The lowest BCUT2D eigenvalue weighted by atomic mass is 10.0. The Labute approximate surface area is 183 Å². The number of aromatic amines is 1. The molecule has 0 aromatic carbocycles. The van der Waals surface area contributed by atoms with E-state index in [1.807, 2.05) is 0 Å². The number of hydrogen-bond donors (Lipinski definition) is 8. The van der Waals surface area contributed by atoms with Gasteiger partial charge in [-0.3, -0.25) is 19.2 Å². The van der Waals surface area contributed by atoms with Crippen molar-refractivity contribution in [3.8, 4) is 0 Å². The molecule has 1 aromatic heterocycles. The molecule has 0 spiro atoms. The lowest BCUT2D eigenvalue weighted by molar-refractivity contribution is -0.142. The van der Waals surface area contributed by atoms with Gasteiger partial charge in [-0.15, -0.1) is 0 Å². The fourth-order valence-electron chi connectivity index (χ4n) is 2.54. The van der Waals surface area contributed by atoms with Crippen LogP contribution in [0.4, 0.5) is 0 Å². The van der Waals surface area contributed by atoms with E-state index in [4.69, 9.17) is 11.5 Å². The van der Waals surface area contributed by atoms with Crippen molar-refractivity contribution < 1.29 is 34.2 Å². The summed E-state index contributed by atoms with van der Waals surface area (Å²) in [5.74, 6) is -5.20. The van der Waals surface area contributed by atoms with E-state index < -0.39 is 66.8 Å². The summed E-state index contributed by atoms with van der Waals surface area (Å²) in [6.45, 7) is 2.49. The van der Waals surface area contributed by atoms with Gasteiger partial charge in [-0.25, -0.2) is 9.78 Å². The van der Waals surface area contributed by atoms with Crippen molar-refractivity contribution in [3.63, 3.8) is 0 Å². The van der Waals surface area contributed by atoms with Crippen molar-refractivity contribution in [1.29, 1.82) is 0 Å². The second-order valence-electron chi connectivity index (χ2n) is 7.43. The van der Waals surface area contributed by atoms with E-state index in [2.05, 4.69) is 25.9 Å². The van der Waals surface area contributed by atoms with E-state index in [-0.39, 0.29) is 12.3 Å². The Balaban J connectivity index is 2.86. The zero-order chi connectivity index (χ0) is 24.4. The van der Waals surface area contributed by atoms with Gasteiger partial charge < -0.3 is 42.6 Å². The molecule has 4 amide bonds. The molecule has 4 atom stereocenters. The summed E-state index contributed by atoms with van der Waals surface area (Å²) >= 11 is 0. The van der Waals surface area contributed by atoms with Gasteiger partial charge >= 0.3 is 5.97 Å². The van der Waals surface area contributed by atoms with Crippen LogP contribution in [-0.2, 0) is 30.4 Å². The number of carbonyl (C=O) groups is 5. The maximum atomic E-state index is 12.6. The highest BCUT2D eigenvalue weighted by Crippen LogP contribution is 2.02. The molecule has 14 nitrogen and oxygen atoms in total. The molecule has 0 saturated heterocycles. The first-order valence-electron chi connectivity index (χ1n) is 9.72. The Bertz CT molecular complexity index is 813. The van der Waals surface area contributed by atoms with Gasteiger partial charge in [-0.1, -0.05) is 13.8 Å². The number of imidazole rings is 1. The van der Waals surface area contributed by atoms with Crippen LogP contribution in [0.15, 0.2) is 12.5 Å². The second-order valence-corrected chi connectivity index (χ2v) is 7.43. The van der Waals surface area contributed by atoms with E-state index in [1.165, 1.54) is 12.5 Å². The molecule has 0 aliphatic carbocycles.